The number of aryl methyl sites for hydroxylation is 2. The summed E-state index contributed by atoms with van der Waals surface area (Å²) in [5, 5.41) is 8.36. The molecule has 0 bridgehead atoms. The van der Waals surface area contributed by atoms with Crippen LogP contribution < -0.4 is 5.32 Å². The number of carbonyl (C=O) groups excluding carboxylic acids is 1. The highest BCUT2D eigenvalue weighted by Crippen LogP contribution is 2.23. The zero-order valence-electron chi connectivity index (χ0n) is 12.9. The first-order chi connectivity index (χ1) is 10.6. The van der Waals surface area contributed by atoms with Crippen LogP contribution in [0.5, 0.6) is 0 Å². The highest BCUT2D eigenvalue weighted by Gasteiger charge is 2.12. The second-order valence-corrected chi connectivity index (χ2v) is 6.47. The molecule has 0 fully saturated rings. The molecule has 3 nitrogen and oxygen atoms in total. The van der Waals surface area contributed by atoms with Gasteiger partial charge in [0.05, 0.1) is 6.42 Å². The predicted molar refractivity (Wildman–Crippen MR) is 92.5 cm³/mol. The molecule has 4 heteroatoms. The van der Waals surface area contributed by atoms with Gasteiger partial charge in [-0.3, -0.25) is 4.79 Å². The van der Waals surface area contributed by atoms with E-state index in [1.54, 1.807) is 11.3 Å². The van der Waals surface area contributed by atoms with Crippen molar-refractivity contribution in [3.8, 4) is 0 Å². The lowest BCUT2D eigenvalue weighted by Crippen LogP contribution is -2.27. The average molecular weight is 312 g/mol. The fourth-order valence-corrected chi connectivity index (χ4v) is 3.43. The maximum Gasteiger partial charge on any atom is 0.224 e. The van der Waals surface area contributed by atoms with Gasteiger partial charge in [0.2, 0.25) is 5.91 Å². The minimum atomic E-state index is 0.0840. The van der Waals surface area contributed by atoms with Crippen molar-refractivity contribution in [3.63, 3.8) is 0 Å². The number of fused-ring (bicyclic) bond motifs is 1. The van der Waals surface area contributed by atoms with Crippen LogP contribution in [0.4, 0.5) is 0 Å². The molecular formula is C18H20N2OS. The minimum Gasteiger partial charge on any atom is -0.358 e. The van der Waals surface area contributed by atoms with Crippen LogP contribution in [0.3, 0.4) is 0 Å². The van der Waals surface area contributed by atoms with E-state index in [-0.39, 0.29) is 5.91 Å². The lowest BCUT2D eigenvalue weighted by atomic mass is 10.1. The van der Waals surface area contributed by atoms with Crippen molar-refractivity contribution in [2.75, 3.05) is 6.54 Å². The standard InChI is InChI=1S/C18H20N2OS/c1-12-3-4-17-16(9-12)15(13(2)20-17)10-18(21)19-7-5-14-6-8-22-11-14/h3-4,6,8-9,11,20H,5,7,10H2,1-2H3,(H,19,21). The molecule has 3 rings (SSSR count). The molecule has 2 N–H and O–H groups in total. The third kappa shape index (κ3) is 3.22. The van der Waals surface area contributed by atoms with Crippen LogP contribution in [-0.2, 0) is 17.6 Å². The van der Waals surface area contributed by atoms with Gasteiger partial charge in [-0.15, -0.1) is 0 Å². The molecule has 0 aliphatic heterocycles. The number of rotatable bonds is 5. The zero-order chi connectivity index (χ0) is 15.5. The molecule has 0 aliphatic rings. The third-order valence-corrected chi connectivity index (χ3v) is 4.66. The molecule has 22 heavy (non-hydrogen) atoms. The van der Waals surface area contributed by atoms with Gasteiger partial charge >= 0.3 is 0 Å². The normalized spacial score (nSPS) is 11.0. The summed E-state index contributed by atoms with van der Waals surface area (Å²) in [5.74, 6) is 0.0840. The van der Waals surface area contributed by atoms with Crippen molar-refractivity contribution < 1.29 is 4.79 Å². The van der Waals surface area contributed by atoms with Crippen molar-refractivity contribution in [1.29, 1.82) is 0 Å². The van der Waals surface area contributed by atoms with E-state index in [4.69, 9.17) is 0 Å². The van der Waals surface area contributed by atoms with Gasteiger partial charge in [-0.25, -0.2) is 0 Å². The summed E-state index contributed by atoms with van der Waals surface area (Å²) in [6, 6.07) is 8.41. The molecule has 2 heterocycles. The van der Waals surface area contributed by atoms with Gasteiger partial charge in [-0.2, -0.15) is 11.3 Å². The second kappa shape index (κ2) is 6.36. The minimum absolute atomic E-state index is 0.0840. The topological polar surface area (TPSA) is 44.9 Å². The summed E-state index contributed by atoms with van der Waals surface area (Å²) in [6.45, 7) is 4.80. The van der Waals surface area contributed by atoms with Gasteiger partial charge in [-0.05, 0) is 60.4 Å². The SMILES string of the molecule is Cc1ccc2[nH]c(C)c(CC(=O)NCCc3ccsc3)c2c1. The third-order valence-electron chi connectivity index (χ3n) is 3.93. The lowest BCUT2D eigenvalue weighted by molar-refractivity contribution is -0.120. The summed E-state index contributed by atoms with van der Waals surface area (Å²) >= 11 is 1.69. The number of nitrogens with one attached hydrogen (secondary N) is 2. The quantitative estimate of drug-likeness (QED) is 0.740. The molecule has 0 saturated heterocycles. The van der Waals surface area contributed by atoms with Gasteiger partial charge < -0.3 is 10.3 Å². The molecule has 0 aliphatic carbocycles. The van der Waals surface area contributed by atoms with E-state index in [1.165, 1.54) is 11.1 Å². The van der Waals surface area contributed by atoms with Gasteiger partial charge in [-0.1, -0.05) is 11.6 Å². The van der Waals surface area contributed by atoms with Gasteiger partial charge in [0.15, 0.2) is 0 Å². The Kier molecular flexibility index (Phi) is 4.29. The van der Waals surface area contributed by atoms with Crippen molar-refractivity contribution in [1.82, 2.24) is 10.3 Å². The van der Waals surface area contributed by atoms with E-state index >= 15 is 0 Å². The number of benzene rings is 1. The van der Waals surface area contributed by atoms with Crippen LogP contribution in [0.25, 0.3) is 10.9 Å². The fraction of sp³-hybridized carbons (Fsp3) is 0.278. The number of H-pyrrole nitrogens is 1. The summed E-state index contributed by atoms with van der Waals surface area (Å²) in [4.78, 5) is 15.6. The Hall–Kier alpha value is -2.07. The van der Waals surface area contributed by atoms with E-state index in [0.29, 0.717) is 13.0 Å². The van der Waals surface area contributed by atoms with Crippen LogP contribution in [0, 0.1) is 13.8 Å². The molecule has 0 unspecified atom stereocenters. The first kappa shape index (κ1) is 14.9. The number of carbonyl (C=O) groups is 1. The Morgan fingerprint density at radius 3 is 2.91 bits per heavy atom. The van der Waals surface area contributed by atoms with E-state index in [2.05, 4.69) is 52.3 Å². The smallest absolute Gasteiger partial charge is 0.224 e. The first-order valence-corrected chi connectivity index (χ1v) is 8.43. The number of hydrogen-bond donors (Lipinski definition) is 2. The summed E-state index contributed by atoms with van der Waals surface area (Å²) < 4.78 is 0. The zero-order valence-corrected chi connectivity index (χ0v) is 13.7. The Morgan fingerprint density at radius 2 is 2.14 bits per heavy atom. The van der Waals surface area contributed by atoms with Crippen LogP contribution in [0.2, 0.25) is 0 Å². The van der Waals surface area contributed by atoms with Crippen molar-refractivity contribution in [3.05, 3.63) is 57.4 Å². The molecule has 0 atom stereocenters. The number of thiophene rings is 1. The van der Waals surface area contributed by atoms with Gasteiger partial charge in [0.1, 0.15) is 0 Å². The maximum atomic E-state index is 12.2. The van der Waals surface area contributed by atoms with Crippen LogP contribution in [-0.4, -0.2) is 17.4 Å². The predicted octanol–water partition coefficient (Wildman–Crippen LogP) is 3.75. The highest BCUT2D eigenvalue weighted by atomic mass is 32.1. The lowest BCUT2D eigenvalue weighted by Gasteiger charge is -2.05. The number of hydrogen-bond acceptors (Lipinski definition) is 2. The maximum absolute atomic E-state index is 12.2. The Morgan fingerprint density at radius 1 is 1.27 bits per heavy atom. The van der Waals surface area contributed by atoms with Gasteiger partial charge in [0, 0.05) is 23.1 Å². The summed E-state index contributed by atoms with van der Waals surface area (Å²) in [6.07, 6.45) is 1.32. The number of aromatic nitrogens is 1. The molecule has 0 spiro atoms. The van der Waals surface area contributed by atoms with E-state index in [1.807, 2.05) is 6.92 Å². The molecule has 0 saturated carbocycles. The fourth-order valence-electron chi connectivity index (χ4n) is 2.73. The van der Waals surface area contributed by atoms with Crippen molar-refractivity contribution >= 4 is 28.1 Å². The number of aromatic amines is 1. The molecule has 114 valence electrons. The summed E-state index contributed by atoms with van der Waals surface area (Å²) in [5.41, 5.74) is 5.78. The Balaban J connectivity index is 1.66. The molecule has 1 aromatic carbocycles. The number of amides is 1. The van der Waals surface area contributed by atoms with Crippen molar-refractivity contribution in [2.45, 2.75) is 26.7 Å². The monoisotopic (exact) mass is 312 g/mol. The van der Waals surface area contributed by atoms with E-state index < -0.39 is 0 Å². The second-order valence-electron chi connectivity index (χ2n) is 5.69. The summed E-state index contributed by atoms with van der Waals surface area (Å²) in [7, 11) is 0. The van der Waals surface area contributed by atoms with Crippen LogP contribution >= 0.6 is 11.3 Å². The first-order valence-electron chi connectivity index (χ1n) is 7.49. The molecule has 3 aromatic rings. The molecule has 1 amide bonds. The van der Waals surface area contributed by atoms with Crippen LogP contribution in [0.1, 0.15) is 22.4 Å². The van der Waals surface area contributed by atoms with Crippen LogP contribution in [0.15, 0.2) is 35.0 Å². The van der Waals surface area contributed by atoms with E-state index in [0.717, 1.165) is 28.6 Å². The molecular weight excluding hydrogens is 292 g/mol. The average Bonchev–Trinajstić information content (AvgIpc) is 3.09. The Bertz CT molecular complexity index is 787. The molecule has 2 aromatic heterocycles. The highest BCUT2D eigenvalue weighted by molar-refractivity contribution is 7.07. The molecule has 0 radical (unpaired) electrons. The van der Waals surface area contributed by atoms with E-state index in [9.17, 15) is 4.79 Å². The van der Waals surface area contributed by atoms with Gasteiger partial charge in [0.25, 0.3) is 0 Å². The van der Waals surface area contributed by atoms with Crippen molar-refractivity contribution in [2.24, 2.45) is 0 Å². The largest absolute Gasteiger partial charge is 0.358 e. The Labute approximate surface area is 134 Å².